The van der Waals surface area contributed by atoms with Crippen LogP contribution in [0.15, 0.2) is 54.6 Å². The second kappa shape index (κ2) is 7.41. The number of nitrogens with one attached hydrogen (secondary N) is 1. The molecule has 3 rings (SSSR count). The van der Waals surface area contributed by atoms with Crippen molar-refractivity contribution in [1.29, 1.82) is 5.26 Å². The van der Waals surface area contributed by atoms with Crippen LogP contribution in [0.4, 0.5) is 18.9 Å². The highest BCUT2D eigenvalue weighted by Gasteiger charge is 2.62. The fourth-order valence-electron chi connectivity index (χ4n) is 3.29. The Bertz CT molecular complexity index is 844. The van der Waals surface area contributed by atoms with Crippen molar-refractivity contribution in [2.75, 3.05) is 18.4 Å². The van der Waals surface area contributed by atoms with Gasteiger partial charge in [0.2, 0.25) is 5.91 Å². The molecule has 1 amide bonds. The molecule has 0 saturated carbocycles. The number of carbonyl (C=O) groups excluding carboxylic acids is 1. The number of nitrogens with zero attached hydrogens (tertiary/aromatic N) is 2. The first-order valence-corrected chi connectivity index (χ1v) is 8.49. The molecule has 0 spiro atoms. The number of alkyl halides is 3. The molecular formula is C20H18F3N3O. The molecular weight excluding hydrogens is 355 g/mol. The zero-order valence-corrected chi connectivity index (χ0v) is 14.5. The monoisotopic (exact) mass is 373 g/mol. The molecule has 1 fully saturated rings. The predicted molar refractivity (Wildman–Crippen MR) is 94.6 cm³/mol. The number of hydrogen-bond donors (Lipinski definition) is 1. The van der Waals surface area contributed by atoms with Crippen LogP contribution in [-0.4, -0.2) is 30.1 Å². The van der Waals surface area contributed by atoms with E-state index in [0.29, 0.717) is 12.1 Å². The van der Waals surface area contributed by atoms with Gasteiger partial charge in [0.05, 0.1) is 11.6 Å². The number of nitriles is 1. The summed E-state index contributed by atoms with van der Waals surface area (Å²) in [5.41, 5.74) is -0.934. The molecule has 7 heteroatoms. The van der Waals surface area contributed by atoms with E-state index in [1.54, 1.807) is 4.90 Å². The van der Waals surface area contributed by atoms with E-state index in [1.807, 2.05) is 36.4 Å². The number of rotatable bonds is 4. The smallest absolute Gasteiger partial charge is 0.325 e. The summed E-state index contributed by atoms with van der Waals surface area (Å²) >= 11 is 0. The van der Waals surface area contributed by atoms with Crippen molar-refractivity contribution in [3.8, 4) is 6.07 Å². The van der Waals surface area contributed by atoms with Crippen LogP contribution in [0, 0.1) is 16.7 Å². The van der Waals surface area contributed by atoms with Gasteiger partial charge >= 0.3 is 6.18 Å². The highest BCUT2D eigenvalue weighted by molar-refractivity contribution is 5.96. The van der Waals surface area contributed by atoms with Gasteiger partial charge in [-0.05, 0) is 42.8 Å². The van der Waals surface area contributed by atoms with Crippen molar-refractivity contribution in [3.05, 3.63) is 65.7 Å². The Morgan fingerprint density at radius 2 is 1.81 bits per heavy atom. The van der Waals surface area contributed by atoms with E-state index >= 15 is 0 Å². The molecule has 1 aliphatic heterocycles. The van der Waals surface area contributed by atoms with Gasteiger partial charge in [-0.25, -0.2) is 0 Å². The highest BCUT2D eigenvalue weighted by Crippen LogP contribution is 2.46. The Kier molecular flexibility index (Phi) is 5.19. The van der Waals surface area contributed by atoms with Crippen molar-refractivity contribution in [1.82, 2.24) is 4.90 Å². The summed E-state index contributed by atoms with van der Waals surface area (Å²) in [7, 11) is 0. The summed E-state index contributed by atoms with van der Waals surface area (Å²) in [6.45, 7) is 0.172. The molecule has 1 aliphatic rings. The Morgan fingerprint density at radius 3 is 2.41 bits per heavy atom. The first-order chi connectivity index (χ1) is 12.8. The number of hydrogen-bond acceptors (Lipinski definition) is 3. The van der Waals surface area contributed by atoms with Crippen molar-refractivity contribution in [2.45, 2.75) is 19.1 Å². The van der Waals surface area contributed by atoms with Crippen LogP contribution in [-0.2, 0) is 11.3 Å². The third-order valence-electron chi connectivity index (χ3n) is 4.85. The minimum atomic E-state index is -4.66. The van der Waals surface area contributed by atoms with E-state index in [4.69, 9.17) is 5.26 Å². The number of halogens is 3. The number of likely N-dealkylation sites (tertiary alicyclic amines) is 1. The maximum atomic E-state index is 13.9. The lowest BCUT2D eigenvalue weighted by Gasteiger charge is -2.30. The van der Waals surface area contributed by atoms with Gasteiger partial charge in [0.25, 0.3) is 0 Å². The molecule has 27 heavy (non-hydrogen) atoms. The van der Waals surface area contributed by atoms with Gasteiger partial charge in [-0.15, -0.1) is 0 Å². The molecule has 1 N–H and O–H groups in total. The van der Waals surface area contributed by atoms with Crippen molar-refractivity contribution in [3.63, 3.8) is 0 Å². The van der Waals surface area contributed by atoms with Gasteiger partial charge < -0.3 is 5.32 Å². The third kappa shape index (κ3) is 3.96. The largest absolute Gasteiger partial charge is 0.404 e. The van der Waals surface area contributed by atoms with E-state index in [-0.39, 0.29) is 25.2 Å². The standard InChI is InChI=1S/C20H18F3N3O/c21-20(22,23)19(18(27)25-17-8-6-15(12-24)7-9-17)10-11-26(14-19)13-16-4-2-1-3-5-16/h1-9H,10-11,13-14H2,(H,25,27)/t19-/m0/s1. The summed E-state index contributed by atoms with van der Waals surface area (Å²) < 4.78 is 41.6. The first-order valence-electron chi connectivity index (χ1n) is 8.49. The zero-order valence-electron chi connectivity index (χ0n) is 14.5. The van der Waals surface area contributed by atoms with Gasteiger partial charge in [-0.2, -0.15) is 18.4 Å². The molecule has 0 aromatic heterocycles. The fraction of sp³-hybridized carbons (Fsp3) is 0.300. The number of amides is 1. The molecule has 0 aliphatic carbocycles. The zero-order chi connectivity index (χ0) is 19.5. The predicted octanol–water partition coefficient (Wildman–Crippen LogP) is 3.95. The summed E-state index contributed by atoms with van der Waals surface area (Å²) in [5, 5.41) is 11.2. The number of carbonyl (C=O) groups is 1. The second-order valence-electron chi connectivity index (χ2n) is 6.67. The molecule has 0 bridgehead atoms. The van der Waals surface area contributed by atoms with Crippen molar-refractivity contribution >= 4 is 11.6 Å². The van der Waals surface area contributed by atoms with Crippen molar-refractivity contribution < 1.29 is 18.0 Å². The Labute approximate surface area is 155 Å². The molecule has 1 heterocycles. The summed E-state index contributed by atoms with van der Waals surface area (Å²) in [6.07, 6.45) is -4.94. The quantitative estimate of drug-likeness (QED) is 0.883. The molecule has 1 atom stereocenters. The van der Waals surface area contributed by atoms with Crippen LogP contribution in [0.25, 0.3) is 0 Å². The topological polar surface area (TPSA) is 56.1 Å². The van der Waals surface area contributed by atoms with Crippen LogP contribution in [0.3, 0.4) is 0 Å². The molecule has 4 nitrogen and oxygen atoms in total. The minimum absolute atomic E-state index is 0.190. The van der Waals surface area contributed by atoms with Crippen LogP contribution in [0.1, 0.15) is 17.5 Å². The normalized spacial score (nSPS) is 20.2. The van der Waals surface area contributed by atoms with E-state index in [0.717, 1.165) is 5.56 Å². The molecule has 1 saturated heterocycles. The summed E-state index contributed by atoms with van der Waals surface area (Å²) in [6, 6.07) is 16.9. The first kappa shape index (κ1) is 18.9. The summed E-state index contributed by atoms with van der Waals surface area (Å²) in [5.74, 6) is -1.06. The maximum Gasteiger partial charge on any atom is 0.404 e. The minimum Gasteiger partial charge on any atom is -0.325 e. The number of anilines is 1. The SMILES string of the molecule is N#Cc1ccc(NC(=O)[C@]2(C(F)(F)F)CCN(Cc3ccccc3)C2)cc1. The lowest BCUT2D eigenvalue weighted by atomic mass is 9.85. The molecule has 2 aromatic carbocycles. The van der Waals surface area contributed by atoms with Crippen molar-refractivity contribution in [2.24, 2.45) is 5.41 Å². The molecule has 140 valence electrons. The summed E-state index contributed by atoms with van der Waals surface area (Å²) in [4.78, 5) is 14.3. The molecule has 0 radical (unpaired) electrons. The van der Waals surface area contributed by atoms with E-state index < -0.39 is 17.5 Å². The molecule has 2 aromatic rings. The average Bonchev–Trinajstić information content (AvgIpc) is 3.08. The second-order valence-corrected chi connectivity index (χ2v) is 6.67. The Hall–Kier alpha value is -2.85. The van der Waals surface area contributed by atoms with Gasteiger partial charge in [-0.1, -0.05) is 30.3 Å². The molecule has 0 unspecified atom stereocenters. The van der Waals surface area contributed by atoms with Gasteiger partial charge in [-0.3, -0.25) is 9.69 Å². The Balaban J connectivity index is 1.77. The highest BCUT2D eigenvalue weighted by atomic mass is 19.4. The maximum absolute atomic E-state index is 13.9. The average molecular weight is 373 g/mol. The van der Waals surface area contributed by atoms with Crippen LogP contribution < -0.4 is 5.32 Å². The van der Waals surface area contributed by atoms with E-state index in [2.05, 4.69) is 5.32 Å². The van der Waals surface area contributed by atoms with Crippen LogP contribution in [0.5, 0.6) is 0 Å². The van der Waals surface area contributed by atoms with Crippen LogP contribution >= 0.6 is 0 Å². The Morgan fingerprint density at radius 1 is 1.15 bits per heavy atom. The third-order valence-corrected chi connectivity index (χ3v) is 4.85. The van der Waals surface area contributed by atoms with Crippen LogP contribution in [0.2, 0.25) is 0 Å². The van der Waals surface area contributed by atoms with Gasteiger partial charge in [0, 0.05) is 18.8 Å². The lowest BCUT2D eigenvalue weighted by molar-refractivity contribution is -0.215. The number of benzene rings is 2. The van der Waals surface area contributed by atoms with E-state index in [9.17, 15) is 18.0 Å². The van der Waals surface area contributed by atoms with Gasteiger partial charge in [0.15, 0.2) is 5.41 Å². The van der Waals surface area contributed by atoms with Gasteiger partial charge in [0.1, 0.15) is 0 Å². The fourth-order valence-corrected chi connectivity index (χ4v) is 3.29. The van der Waals surface area contributed by atoms with E-state index in [1.165, 1.54) is 24.3 Å². The lowest BCUT2D eigenvalue weighted by Crippen LogP contribution is -2.49.